The summed E-state index contributed by atoms with van der Waals surface area (Å²) in [6.07, 6.45) is 0. The van der Waals surface area contributed by atoms with Gasteiger partial charge in [0.25, 0.3) is 5.91 Å². The van der Waals surface area contributed by atoms with Gasteiger partial charge in [-0.25, -0.2) is 9.97 Å². The summed E-state index contributed by atoms with van der Waals surface area (Å²) in [5.74, 6) is -0.0462. The number of hydrogen-bond acceptors (Lipinski definition) is 6. The normalized spacial score (nSPS) is 11.4. The highest BCUT2D eigenvalue weighted by Gasteiger charge is 2.25. The maximum absolute atomic E-state index is 13.2. The second-order valence-electron chi connectivity index (χ2n) is 6.02. The second-order valence-corrected chi connectivity index (χ2v) is 8.66. The van der Waals surface area contributed by atoms with Gasteiger partial charge in [-0.05, 0) is 46.1 Å². The van der Waals surface area contributed by atoms with Gasteiger partial charge in [0.15, 0.2) is 5.13 Å². The Labute approximate surface area is 159 Å². The molecule has 0 N–H and O–H groups in total. The monoisotopic (exact) mass is 394 g/mol. The van der Waals surface area contributed by atoms with Crippen molar-refractivity contribution in [2.24, 2.45) is 0 Å². The van der Waals surface area contributed by atoms with Crippen molar-refractivity contribution in [3.05, 3.63) is 38.8 Å². The van der Waals surface area contributed by atoms with Crippen LogP contribution in [0.15, 0.2) is 18.2 Å². The molecule has 0 saturated heterocycles. The van der Waals surface area contributed by atoms with Crippen LogP contribution in [0.25, 0.3) is 10.2 Å². The van der Waals surface area contributed by atoms with Crippen molar-refractivity contribution in [2.75, 3.05) is 32.1 Å². The second kappa shape index (κ2) is 7.37. The molecule has 1 aromatic carbocycles. The van der Waals surface area contributed by atoms with Crippen LogP contribution < -0.4 is 4.90 Å². The number of anilines is 1. The van der Waals surface area contributed by atoms with E-state index in [2.05, 4.69) is 14.9 Å². The van der Waals surface area contributed by atoms with Crippen LogP contribution in [-0.4, -0.2) is 48.0 Å². The molecular formula is C17H19ClN4OS2. The van der Waals surface area contributed by atoms with E-state index >= 15 is 0 Å². The quantitative estimate of drug-likeness (QED) is 0.649. The fourth-order valence-electron chi connectivity index (χ4n) is 2.44. The molecule has 0 spiro atoms. The van der Waals surface area contributed by atoms with Crippen molar-refractivity contribution < 1.29 is 4.79 Å². The molecule has 0 aliphatic rings. The van der Waals surface area contributed by atoms with Crippen LogP contribution in [-0.2, 0) is 0 Å². The highest BCUT2D eigenvalue weighted by molar-refractivity contribution is 7.22. The van der Waals surface area contributed by atoms with Gasteiger partial charge in [-0.3, -0.25) is 9.69 Å². The Morgan fingerprint density at radius 3 is 2.56 bits per heavy atom. The summed E-state index contributed by atoms with van der Waals surface area (Å²) in [6.45, 7) is 5.10. The van der Waals surface area contributed by atoms with E-state index in [1.807, 2.05) is 46.1 Å². The Morgan fingerprint density at radius 1 is 1.16 bits per heavy atom. The van der Waals surface area contributed by atoms with Gasteiger partial charge >= 0.3 is 0 Å². The number of rotatable bonds is 5. The number of nitrogens with zero attached hydrogens (tertiary/aromatic N) is 4. The Morgan fingerprint density at radius 2 is 1.92 bits per heavy atom. The summed E-state index contributed by atoms with van der Waals surface area (Å²) < 4.78 is 0.974. The number of aryl methyl sites for hydroxylation is 2. The van der Waals surface area contributed by atoms with Gasteiger partial charge in [-0.15, -0.1) is 11.3 Å². The largest absolute Gasteiger partial charge is 0.308 e. The van der Waals surface area contributed by atoms with Crippen LogP contribution in [0.4, 0.5) is 5.13 Å². The highest BCUT2D eigenvalue weighted by Crippen LogP contribution is 2.32. The first-order valence-corrected chi connectivity index (χ1v) is 9.83. The van der Waals surface area contributed by atoms with E-state index in [-0.39, 0.29) is 5.91 Å². The standard InChI is InChI=1S/C17H19ClN4OS2/c1-10-15(24-11(2)19-10)16(23)22(8-7-21(3)4)17-20-13-6-5-12(18)9-14(13)25-17/h5-6,9H,7-8H2,1-4H3. The lowest BCUT2D eigenvalue weighted by molar-refractivity contribution is 0.0988. The van der Waals surface area contributed by atoms with Crippen LogP contribution in [0.3, 0.4) is 0 Å². The fourth-order valence-corrected chi connectivity index (χ4v) is 4.57. The molecule has 1 amide bonds. The highest BCUT2D eigenvalue weighted by atomic mass is 35.5. The molecule has 5 nitrogen and oxygen atoms in total. The van der Waals surface area contributed by atoms with E-state index < -0.39 is 0 Å². The summed E-state index contributed by atoms with van der Waals surface area (Å²) >= 11 is 8.99. The first kappa shape index (κ1) is 18.3. The topological polar surface area (TPSA) is 49.3 Å². The number of benzene rings is 1. The van der Waals surface area contributed by atoms with E-state index in [0.29, 0.717) is 21.6 Å². The molecule has 0 aliphatic carbocycles. The van der Waals surface area contributed by atoms with Crippen molar-refractivity contribution in [1.82, 2.24) is 14.9 Å². The number of hydrogen-bond donors (Lipinski definition) is 0. The van der Waals surface area contributed by atoms with E-state index in [0.717, 1.165) is 27.5 Å². The van der Waals surface area contributed by atoms with E-state index in [1.54, 1.807) is 4.90 Å². The average Bonchev–Trinajstić information content (AvgIpc) is 3.09. The molecular weight excluding hydrogens is 376 g/mol. The fraction of sp³-hybridized carbons (Fsp3) is 0.353. The van der Waals surface area contributed by atoms with Crippen LogP contribution in [0.5, 0.6) is 0 Å². The molecule has 0 saturated carbocycles. The molecule has 2 heterocycles. The third-order valence-corrected chi connectivity index (χ3v) is 6.02. The Kier molecular flexibility index (Phi) is 5.38. The van der Waals surface area contributed by atoms with Crippen LogP contribution >= 0.6 is 34.3 Å². The maximum Gasteiger partial charge on any atom is 0.272 e. The molecule has 0 radical (unpaired) electrons. The molecule has 2 aromatic heterocycles. The Balaban J connectivity index is 2.00. The first-order chi connectivity index (χ1) is 11.8. The predicted molar refractivity (Wildman–Crippen MR) is 106 cm³/mol. The third-order valence-electron chi connectivity index (χ3n) is 3.68. The zero-order valence-electron chi connectivity index (χ0n) is 14.5. The number of likely N-dealkylation sites (N-methyl/N-ethyl adjacent to an activating group) is 1. The lowest BCUT2D eigenvalue weighted by Gasteiger charge is -2.21. The molecule has 3 aromatic rings. The Hall–Kier alpha value is -1.54. The van der Waals surface area contributed by atoms with Crippen LogP contribution in [0.2, 0.25) is 5.02 Å². The SMILES string of the molecule is Cc1nc(C)c(C(=O)N(CCN(C)C)c2nc3ccc(Cl)cc3s2)s1. The minimum Gasteiger partial charge on any atom is -0.308 e. The number of aromatic nitrogens is 2. The minimum absolute atomic E-state index is 0.0462. The summed E-state index contributed by atoms with van der Waals surface area (Å²) in [5, 5.41) is 2.25. The summed E-state index contributed by atoms with van der Waals surface area (Å²) in [4.78, 5) is 26.7. The van der Waals surface area contributed by atoms with Gasteiger partial charge in [0, 0.05) is 18.1 Å². The number of thiazole rings is 2. The van der Waals surface area contributed by atoms with Crippen molar-refractivity contribution in [2.45, 2.75) is 13.8 Å². The van der Waals surface area contributed by atoms with E-state index in [9.17, 15) is 4.79 Å². The molecule has 0 atom stereocenters. The van der Waals surface area contributed by atoms with Gasteiger partial charge in [0.05, 0.1) is 20.9 Å². The predicted octanol–water partition coefficient (Wildman–Crippen LogP) is 4.23. The Bertz CT molecular complexity index is 919. The van der Waals surface area contributed by atoms with Gasteiger partial charge in [0.2, 0.25) is 0 Å². The minimum atomic E-state index is -0.0462. The van der Waals surface area contributed by atoms with E-state index in [4.69, 9.17) is 11.6 Å². The van der Waals surface area contributed by atoms with Crippen molar-refractivity contribution >= 4 is 55.5 Å². The number of carbonyl (C=O) groups is 1. The van der Waals surface area contributed by atoms with Crippen LogP contribution in [0, 0.1) is 13.8 Å². The molecule has 0 bridgehead atoms. The zero-order valence-corrected chi connectivity index (χ0v) is 16.9. The molecule has 0 aliphatic heterocycles. The van der Waals surface area contributed by atoms with Gasteiger partial charge < -0.3 is 4.90 Å². The lowest BCUT2D eigenvalue weighted by Crippen LogP contribution is -2.36. The molecule has 3 rings (SSSR count). The molecule has 0 fully saturated rings. The van der Waals surface area contributed by atoms with E-state index in [1.165, 1.54) is 22.7 Å². The first-order valence-electron chi connectivity index (χ1n) is 7.82. The van der Waals surface area contributed by atoms with Gasteiger partial charge in [-0.2, -0.15) is 0 Å². The number of amides is 1. The molecule has 132 valence electrons. The lowest BCUT2D eigenvalue weighted by atomic mass is 10.3. The summed E-state index contributed by atoms with van der Waals surface area (Å²) in [7, 11) is 3.98. The van der Waals surface area contributed by atoms with Crippen LogP contribution in [0.1, 0.15) is 20.4 Å². The summed E-state index contributed by atoms with van der Waals surface area (Å²) in [6, 6.07) is 5.58. The van der Waals surface area contributed by atoms with Crippen molar-refractivity contribution in [3.8, 4) is 0 Å². The number of fused-ring (bicyclic) bond motifs is 1. The van der Waals surface area contributed by atoms with Gasteiger partial charge in [-0.1, -0.05) is 22.9 Å². The molecule has 8 heteroatoms. The average molecular weight is 395 g/mol. The molecule has 25 heavy (non-hydrogen) atoms. The molecule has 0 unspecified atom stereocenters. The maximum atomic E-state index is 13.2. The smallest absolute Gasteiger partial charge is 0.272 e. The van der Waals surface area contributed by atoms with Crippen molar-refractivity contribution in [1.29, 1.82) is 0 Å². The van der Waals surface area contributed by atoms with Gasteiger partial charge in [0.1, 0.15) is 4.88 Å². The summed E-state index contributed by atoms with van der Waals surface area (Å²) in [5.41, 5.74) is 1.62. The third kappa shape index (κ3) is 4.00. The van der Waals surface area contributed by atoms with Crippen molar-refractivity contribution in [3.63, 3.8) is 0 Å². The zero-order chi connectivity index (χ0) is 18.1. The number of carbonyl (C=O) groups excluding carboxylic acids is 1. The number of halogens is 1.